The largest absolute Gasteiger partial charge is 0.479 e. The second-order valence-electron chi connectivity index (χ2n) is 3.53. The summed E-state index contributed by atoms with van der Waals surface area (Å²) in [4.78, 5) is 11.9. The first-order valence-corrected chi connectivity index (χ1v) is 6.73. The van der Waals surface area contributed by atoms with E-state index in [0.29, 0.717) is 9.35 Å². The quantitative estimate of drug-likeness (QED) is 0.894. The van der Waals surface area contributed by atoms with Crippen molar-refractivity contribution >= 4 is 38.9 Å². The Hall–Kier alpha value is -1.40. The summed E-state index contributed by atoms with van der Waals surface area (Å²) >= 11 is 4.58. The fourth-order valence-electron chi connectivity index (χ4n) is 1.48. The van der Waals surface area contributed by atoms with Gasteiger partial charge < -0.3 is 10.4 Å². The number of carboxylic acids is 1. The fraction of sp³-hybridized carbons (Fsp3) is 0.0833. The Balaban J connectivity index is 2.31. The summed E-state index contributed by atoms with van der Waals surface area (Å²) in [5.74, 6) is -1.53. The predicted octanol–water partition coefficient (Wildman–Crippen LogP) is 3.89. The van der Waals surface area contributed by atoms with Crippen LogP contribution in [0.15, 0.2) is 40.2 Å². The standard InChI is InChI=1S/C12H9BrFNO2S/c13-7-5-6-18-11(7)10(12(16)17)15-9-4-2-1-3-8(9)14/h1-6,10,15H,(H,16,17). The molecule has 0 fully saturated rings. The molecule has 3 nitrogen and oxygen atoms in total. The van der Waals surface area contributed by atoms with Crippen LogP contribution in [-0.2, 0) is 4.79 Å². The zero-order chi connectivity index (χ0) is 13.1. The number of hydrogen-bond acceptors (Lipinski definition) is 3. The lowest BCUT2D eigenvalue weighted by Gasteiger charge is -2.15. The van der Waals surface area contributed by atoms with Crippen LogP contribution in [0.3, 0.4) is 0 Å². The number of anilines is 1. The van der Waals surface area contributed by atoms with Crippen LogP contribution < -0.4 is 5.32 Å². The Morgan fingerprint density at radius 3 is 2.67 bits per heavy atom. The molecular formula is C12H9BrFNO2S. The number of halogens is 2. The second kappa shape index (κ2) is 5.49. The Morgan fingerprint density at radius 2 is 2.11 bits per heavy atom. The molecule has 0 aliphatic carbocycles. The first-order chi connectivity index (χ1) is 8.59. The molecule has 0 radical (unpaired) electrons. The van der Waals surface area contributed by atoms with Crippen molar-refractivity contribution in [2.75, 3.05) is 5.32 Å². The Morgan fingerprint density at radius 1 is 1.39 bits per heavy atom. The molecule has 2 N–H and O–H groups in total. The molecule has 0 aliphatic rings. The molecule has 0 bridgehead atoms. The van der Waals surface area contributed by atoms with Crippen LogP contribution in [0.2, 0.25) is 0 Å². The van der Waals surface area contributed by atoms with Gasteiger partial charge in [-0.3, -0.25) is 0 Å². The molecule has 0 saturated carbocycles. The van der Waals surface area contributed by atoms with Gasteiger partial charge in [0.1, 0.15) is 5.82 Å². The minimum absolute atomic E-state index is 0.171. The van der Waals surface area contributed by atoms with E-state index in [1.54, 1.807) is 23.6 Å². The van der Waals surface area contributed by atoms with E-state index in [2.05, 4.69) is 21.2 Å². The molecule has 18 heavy (non-hydrogen) atoms. The molecule has 2 rings (SSSR count). The van der Waals surface area contributed by atoms with Crippen LogP contribution in [0.25, 0.3) is 0 Å². The molecule has 1 unspecified atom stereocenters. The van der Waals surface area contributed by atoms with Gasteiger partial charge in [-0.2, -0.15) is 0 Å². The molecule has 0 aliphatic heterocycles. The normalized spacial score (nSPS) is 12.1. The lowest BCUT2D eigenvalue weighted by molar-refractivity contribution is -0.138. The van der Waals surface area contributed by atoms with Crippen LogP contribution in [0.1, 0.15) is 10.9 Å². The number of thiophene rings is 1. The highest BCUT2D eigenvalue weighted by Crippen LogP contribution is 2.32. The van der Waals surface area contributed by atoms with E-state index in [4.69, 9.17) is 0 Å². The maximum Gasteiger partial charge on any atom is 0.331 e. The maximum absolute atomic E-state index is 13.5. The van der Waals surface area contributed by atoms with Crippen LogP contribution >= 0.6 is 27.3 Å². The highest BCUT2D eigenvalue weighted by Gasteiger charge is 2.24. The van der Waals surface area contributed by atoms with Gasteiger partial charge in [-0.15, -0.1) is 11.3 Å². The SMILES string of the molecule is O=C(O)C(Nc1ccccc1F)c1sccc1Br. The summed E-state index contributed by atoms with van der Waals surface area (Å²) in [7, 11) is 0. The van der Waals surface area contributed by atoms with E-state index in [1.165, 1.54) is 23.5 Å². The van der Waals surface area contributed by atoms with Crippen molar-refractivity contribution in [3.05, 3.63) is 50.9 Å². The average molecular weight is 330 g/mol. The molecule has 94 valence electrons. The van der Waals surface area contributed by atoms with Crippen molar-refractivity contribution < 1.29 is 14.3 Å². The second-order valence-corrected chi connectivity index (χ2v) is 5.33. The zero-order valence-corrected chi connectivity index (χ0v) is 11.5. The summed E-state index contributed by atoms with van der Waals surface area (Å²) < 4.78 is 14.2. The molecule has 1 aromatic carbocycles. The summed E-state index contributed by atoms with van der Waals surface area (Å²) in [6, 6.07) is 6.78. The topological polar surface area (TPSA) is 49.3 Å². The van der Waals surface area contributed by atoms with Gasteiger partial charge in [0.15, 0.2) is 6.04 Å². The molecule has 0 amide bonds. The van der Waals surface area contributed by atoms with Gasteiger partial charge in [-0.1, -0.05) is 12.1 Å². The summed E-state index contributed by atoms with van der Waals surface area (Å²) in [5, 5.41) is 13.7. The lowest BCUT2D eigenvalue weighted by Crippen LogP contribution is -2.20. The first-order valence-electron chi connectivity index (χ1n) is 5.06. The number of hydrogen-bond donors (Lipinski definition) is 2. The first kappa shape index (κ1) is 13.0. The van der Waals surface area contributed by atoms with Gasteiger partial charge in [-0.05, 0) is 39.5 Å². The van der Waals surface area contributed by atoms with Crippen LogP contribution in [-0.4, -0.2) is 11.1 Å². The molecule has 2 aromatic rings. The third-order valence-corrected chi connectivity index (χ3v) is 4.26. The van der Waals surface area contributed by atoms with Crippen LogP contribution in [0.5, 0.6) is 0 Å². The Bertz CT molecular complexity index is 573. The number of nitrogens with one attached hydrogen (secondary N) is 1. The molecule has 1 heterocycles. The monoisotopic (exact) mass is 329 g/mol. The number of aliphatic carboxylic acids is 1. The van der Waals surface area contributed by atoms with Gasteiger partial charge in [0.05, 0.1) is 10.6 Å². The van der Waals surface area contributed by atoms with Gasteiger partial charge in [-0.25, -0.2) is 9.18 Å². The third-order valence-electron chi connectivity index (χ3n) is 2.33. The minimum Gasteiger partial charge on any atom is -0.479 e. The summed E-state index contributed by atoms with van der Waals surface area (Å²) in [6.07, 6.45) is 0. The molecule has 1 atom stereocenters. The molecular weight excluding hydrogens is 321 g/mol. The number of carboxylic acid groups (broad SMARTS) is 1. The highest BCUT2D eigenvalue weighted by molar-refractivity contribution is 9.10. The highest BCUT2D eigenvalue weighted by atomic mass is 79.9. The number of para-hydroxylation sites is 1. The summed E-state index contributed by atoms with van der Waals surface area (Å²) in [6.45, 7) is 0. The van der Waals surface area contributed by atoms with E-state index < -0.39 is 17.8 Å². The van der Waals surface area contributed by atoms with Crippen molar-refractivity contribution in [1.29, 1.82) is 0 Å². The van der Waals surface area contributed by atoms with Gasteiger partial charge in [0, 0.05) is 4.47 Å². The van der Waals surface area contributed by atoms with Crippen LogP contribution in [0, 0.1) is 5.82 Å². The smallest absolute Gasteiger partial charge is 0.331 e. The van der Waals surface area contributed by atoms with Crippen molar-refractivity contribution in [1.82, 2.24) is 0 Å². The number of rotatable bonds is 4. The van der Waals surface area contributed by atoms with Gasteiger partial charge in [0.2, 0.25) is 0 Å². The van der Waals surface area contributed by atoms with E-state index in [1.807, 2.05) is 0 Å². The van der Waals surface area contributed by atoms with Crippen molar-refractivity contribution in [3.8, 4) is 0 Å². The van der Waals surface area contributed by atoms with Gasteiger partial charge >= 0.3 is 5.97 Å². The van der Waals surface area contributed by atoms with E-state index >= 15 is 0 Å². The maximum atomic E-state index is 13.5. The fourth-order valence-corrected chi connectivity index (χ4v) is 3.13. The Labute approximate surface area is 115 Å². The van der Waals surface area contributed by atoms with Gasteiger partial charge in [0.25, 0.3) is 0 Å². The number of carbonyl (C=O) groups is 1. The Kier molecular flexibility index (Phi) is 3.98. The average Bonchev–Trinajstić information content (AvgIpc) is 2.74. The third kappa shape index (κ3) is 2.70. The van der Waals surface area contributed by atoms with Crippen molar-refractivity contribution in [2.24, 2.45) is 0 Å². The van der Waals surface area contributed by atoms with E-state index in [0.717, 1.165) is 0 Å². The van der Waals surface area contributed by atoms with E-state index in [9.17, 15) is 14.3 Å². The van der Waals surface area contributed by atoms with Crippen molar-refractivity contribution in [2.45, 2.75) is 6.04 Å². The van der Waals surface area contributed by atoms with E-state index in [-0.39, 0.29) is 5.69 Å². The molecule has 6 heteroatoms. The molecule has 0 spiro atoms. The summed E-state index contributed by atoms with van der Waals surface area (Å²) in [5.41, 5.74) is 0.171. The van der Waals surface area contributed by atoms with Crippen LogP contribution in [0.4, 0.5) is 10.1 Å². The predicted molar refractivity (Wildman–Crippen MR) is 72.4 cm³/mol. The molecule has 0 saturated heterocycles. The zero-order valence-electron chi connectivity index (χ0n) is 9.06. The minimum atomic E-state index is -1.05. The number of benzene rings is 1. The molecule has 1 aromatic heterocycles. The van der Waals surface area contributed by atoms with Crippen molar-refractivity contribution in [3.63, 3.8) is 0 Å². The lowest BCUT2D eigenvalue weighted by atomic mass is 10.2.